The second kappa shape index (κ2) is 6.02. The molecule has 1 aliphatic rings. The van der Waals surface area contributed by atoms with Gasteiger partial charge in [-0.1, -0.05) is 6.07 Å². The van der Waals surface area contributed by atoms with Gasteiger partial charge in [-0.05, 0) is 43.7 Å². The number of rotatable bonds is 4. The van der Waals surface area contributed by atoms with E-state index in [1.54, 1.807) is 11.3 Å². The lowest BCUT2D eigenvalue weighted by atomic mass is 10.1. The van der Waals surface area contributed by atoms with Crippen LogP contribution < -0.4 is 0 Å². The third-order valence-electron chi connectivity index (χ3n) is 4.14. The van der Waals surface area contributed by atoms with E-state index in [0.29, 0.717) is 6.04 Å². The van der Waals surface area contributed by atoms with E-state index in [9.17, 15) is 0 Å². The first-order chi connectivity index (χ1) is 10.9. The quantitative estimate of drug-likeness (QED) is 0.795. The van der Waals surface area contributed by atoms with Crippen LogP contribution in [0.25, 0.3) is 10.7 Å². The normalized spacial score (nSPS) is 18.8. The third kappa shape index (κ3) is 2.69. The van der Waals surface area contributed by atoms with Gasteiger partial charge in [-0.25, -0.2) is 4.98 Å². The summed E-state index contributed by atoms with van der Waals surface area (Å²) < 4.78 is 0. The monoisotopic (exact) mass is 310 g/mol. The largest absolute Gasteiger partial charge is 0.364 e. The molecule has 3 aromatic heterocycles. The molecular weight excluding hydrogens is 292 g/mol. The summed E-state index contributed by atoms with van der Waals surface area (Å²) in [5.74, 6) is 0. The number of nitrogens with one attached hydrogen (secondary N) is 1. The van der Waals surface area contributed by atoms with Crippen LogP contribution in [0, 0.1) is 0 Å². The standard InChI is InChI=1S/C17H18N4S/c1-2-8-19-15(5-1)17-20-11-13(22-17)12-21-10-4-7-16(21)14-6-3-9-18-14/h1-3,5-6,8-9,11,16,18H,4,7,10,12H2. The molecule has 4 rings (SSSR count). The van der Waals surface area contributed by atoms with Gasteiger partial charge in [-0.15, -0.1) is 11.3 Å². The number of aromatic amines is 1. The van der Waals surface area contributed by atoms with Crippen LogP contribution in [0.3, 0.4) is 0 Å². The molecule has 1 aliphatic heterocycles. The SMILES string of the molecule is c1ccc(-c2ncc(CN3CCCC3c3ccc[nH]3)s2)nc1. The molecule has 1 N–H and O–H groups in total. The van der Waals surface area contributed by atoms with Crippen molar-refractivity contribution < 1.29 is 0 Å². The summed E-state index contributed by atoms with van der Waals surface area (Å²) in [6.07, 6.45) is 8.32. The van der Waals surface area contributed by atoms with E-state index < -0.39 is 0 Å². The first-order valence-electron chi connectivity index (χ1n) is 7.63. The van der Waals surface area contributed by atoms with Crippen LogP contribution in [0.2, 0.25) is 0 Å². The highest BCUT2D eigenvalue weighted by atomic mass is 32.1. The van der Waals surface area contributed by atoms with E-state index in [4.69, 9.17) is 0 Å². The summed E-state index contributed by atoms with van der Waals surface area (Å²) in [5.41, 5.74) is 2.29. The molecule has 1 fully saturated rings. The average molecular weight is 310 g/mol. The van der Waals surface area contributed by atoms with E-state index in [2.05, 4.69) is 32.0 Å². The fourth-order valence-electron chi connectivity index (χ4n) is 3.11. The number of likely N-dealkylation sites (tertiary alicyclic amines) is 1. The van der Waals surface area contributed by atoms with Crippen LogP contribution in [0.5, 0.6) is 0 Å². The Morgan fingerprint density at radius 3 is 3.05 bits per heavy atom. The van der Waals surface area contributed by atoms with Gasteiger partial charge in [0.25, 0.3) is 0 Å². The molecule has 0 amide bonds. The molecule has 0 saturated carbocycles. The lowest BCUT2D eigenvalue weighted by Crippen LogP contribution is -2.22. The summed E-state index contributed by atoms with van der Waals surface area (Å²) in [6.45, 7) is 2.12. The maximum absolute atomic E-state index is 4.54. The average Bonchev–Trinajstić information content (AvgIpc) is 3.30. The summed E-state index contributed by atoms with van der Waals surface area (Å²) in [4.78, 5) is 16.1. The summed E-state index contributed by atoms with van der Waals surface area (Å²) in [7, 11) is 0. The molecule has 22 heavy (non-hydrogen) atoms. The maximum atomic E-state index is 4.54. The number of hydrogen-bond acceptors (Lipinski definition) is 4. The minimum Gasteiger partial charge on any atom is -0.364 e. The van der Waals surface area contributed by atoms with Gasteiger partial charge in [-0.2, -0.15) is 0 Å². The van der Waals surface area contributed by atoms with E-state index in [1.165, 1.54) is 23.4 Å². The molecular formula is C17H18N4S. The van der Waals surface area contributed by atoms with Crippen LogP contribution in [0.1, 0.15) is 29.5 Å². The number of thiazole rings is 1. The Morgan fingerprint density at radius 1 is 1.23 bits per heavy atom. The van der Waals surface area contributed by atoms with Crippen LogP contribution >= 0.6 is 11.3 Å². The molecule has 0 spiro atoms. The second-order valence-corrected chi connectivity index (χ2v) is 6.72. The fourth-order valence-corrected chi connectivity index (χ4v) is 4.02. The van der Waals surface area contributed by atoms with Crippen LogP contribution in [0.15, 0.2) is 48.9 Å². The minimum absolute atomic E-state index is 0.510. The highest BCUT2D eigenvalue weighted by Gasteiger charge is 2.27. The van der Waals surface area contributed by atoms with E-state index in [-0.39, 0.29) is 0 Å². The molecule has 0 bridgehead atoms. The Labute approximate surface area is 133 Å². The molecule has 5 heteroatoms. The second-order valence-electron chi connectivity index (χ2n) is 5.60. The molecule has 1 atom stereocenters. The van der Waals surface area contributed by atoms with Crippen molar-refractivity contribution in [2.75, 3.05) is 6.54 Å². The lowest BCUT2D eigenvalue weighted by Gasteiger charge is -2.22. The van der Waals surface area contributed by atoms with E-state index in [1.807, 2.05) is 36.8 Å². The zero-order valence-corrected chi connectivity index (χ0v) is 13.1. The Hall–Kier alpha value is -1.98. The zero-order valence-electron chi connectivity index (χ0n) is 12.3. The number of pyridine rings is 1. The van der Waals surface area contributed by atoms with Gasteiger partial charge in [-0.3, -0.25) is 9.88 Å². The molecule has 3 aromatic rings. The van der Waals surface area contributed by atoms with Crippen molar-refractivity contribution >= 4 is 11.3 Å². The molecule has 0 aromatic carbocycles. The van der Waals surface area contributed by atoms with E-state index in [0.717, 1.165) is 23.8 Å². The molecule has 1 unspecified atom stereocenters. The Bertz CT molecular complexity index is 720. The molecule has 4 nitrogen and oxygen atoms in total. The topological polar surface area (TPSA) is 44.8 Å². The van der Waals surface area contributed by atoms with Crippen molar-refractivity contribution in [1.82, 2.24) is 19.9 Å². The molecule has 112 valence electrons. The summed E-state index contributed by atoms with van der Waals surface area (Å²) in [5, 5.41) is 1.01. The van der Waals surface area contributed by atoms with Gasteiger partial charge >= 0.3 is 0 Å². The lowest BCUT2D eigenvalue weighted by molar-refractivity contribution is 0.247. The van der Waals surface area contributed by atoms with Crippen molar-refractivity contribution in [3.63, 3.8) is 0 Å². The van der Waals surface area contributed by atoms with Gasteiger partial charge < -0.3 is 4.98 Å². The molecule has 4 heterocycles. The van der Waals surface area contributed by atoms with Crippen molar-refractivity contribution in [1.29, 1.82) is 0 Å². The number of nitrogens with zero attached hydrogens (tertiary/aromatic N) is 3. The van der Waals surface area contributed by atoms with Crippen molar-refractivity contribution in [2.45, 2.75) is 25.4 Å². The zero-order chi connectivity index (χ0) is 14.8. The van der Waals surface area contributed by atoms with Crippen LogP contribution in [0.4, 0.5) is 0 Å². The summed E-state index contributed by atoms with van der Waals surface area (Å²) >= 11 is 1.75. The van der Waals surface area contributed by atoms with Gasteiger partial charge in [0.2, 0.25) is 0 Å². The number of hydrogen-bond donors (Lipinski definition) is 1. The Kier molecular flexibility index (Phi) is 3.74. The Morgan fingerprint density at radius 2 is 2.23 bits per heavy atom. The van der Waals surface area contributed by atoms with Crippen LogP contribution in [-0.4, -0.2) is 26.4 Å². The molecule has 1 saturated heterocycles. The van der Waals surface area contributed by atoms with Gasteiger partial charge in [0.15, 0.2) is 0 Å². The van der Waals surface area contributed by atoms with E-state index >= 15 is 0 Å². The van der Waals surface area contributed by atoms with Crippen molar-refractivity contribution in [3.8, 4) is 10.7 Å². The Balaban J connectivity index is 1.51. The van der Waals surface area contributed by atoms with Gasteiger partial charge in [0, 0.05) is 35.7 Å². The highest BCUT2D eigenvalue weighted by molar-refractivity contribution is 7.14. The fraction of sp³-hybridized carbons (Fsp3) is 0.294. The maximum Gasteiger partial charge on any atom is 0.142 e. The number of aromatic nitrogens is 3. The summed E-state index contributed by atoms with van der Waals surface area (Å²) in [6, 6.07) is 10.7. The highest BCUT2D eigenvalue weighted by Crippen LogP contribution is 2.33. The van der Waals surface area contributed by atoms with Crippen molar-refractivity contribution in [3.05, 3.63) is 59.5 Å². The predicted octanol–water partition coefficient (Wildman–Crippen LogP) is 3.87. The van der Waals surface area contributed by atoms with Gasteiger partial charge in [0.05, 0.1) is 11.7 Å². The third-order valence-corrected chi connectivity index (χ3v) is 5.15. The van der Waals surface area contributed by atoms with Crippen molar-refractivity contribution in [2.24, 2.45) is 0 Å². The molecule has 0 aliphatic carbocycles. The first kappa shape index (κ1) is 13.7. The molecule has 0 radical (unpaired) electrons. The first-order valence-corrected chi connectivity index (χ1v) is 8.45. The number of H-pyrrole nitrogens is 1. The van der Waals surface area contributed by atoms with Crippen LogP contribution in [-0.2, 0) is 6.54 Å². The smallest absolute Gasteiger partial charge is 0.142 e. The van der Waals surface area contributed by atoms with Gasteiger partial charge in [0.1, 0.15) is 5.01 Å². The predicted molar refractivity (Wildman–Crippen MR) is 88.5 cm³/mol. The minimum atomic E-state index is 0.510.